The summed E-state index contributed by atoms with van der Waals surface area (Å²) in [4.78, 5) is 14.1. The lowest BCUT2D eigenvalue weighted by molar-refractivity contribution is 0.0818. The van der Waals surface area contributed by atoms with Gasteiger partial charge in [0, 0.05) is 25.7 Å². The molecule has 24 heavy (non-hydrogen) atoms. The minimum absolute atomic E-state index is 0.0674. The van der Waals surface area contributed by atoms with Gasteiger partial charge in [-0.15, -0.1) is 0 Å². The van der Waals surface area contributed by atoms with Crippen LogP contribution in [-0.4, -0.2) is 48.3 Å². The summed E-state index contributed by atoms with van der Waals surface area (Å²) in [5.74, 6) is 0.359. The molecule has 1 aromatic rings. The van der Waals surface area contributed by atoms with Gasteiger partial charge in [-0.05, 0) is 43.4 Å². The van der Waals surface area contributed by atoms with Crippen molar-refractivity contribution in [2.75, 3.05) is 19.8 Å². The van der Waals surface area contributed by atoms with Crippen molar-refractivity contribution in [3.8, 4) is 5.75 Å². The smallest absolute Gasteiger partial charge is 0.317 e. The minimum Gasteiger partial charge on any atom is -0.488 e. The van der Waals surface area contributed by atoms with Crippen molar-refractivity contribution in [3.05, 3.63) is 29.8 Å². The fourth-order valence-corrected chi connectivity index (χ4v) is 2.90. The summed E-state index contributed by atoms with van der Waals surface area (Å²) in [6, 6.07) is 6.67. The van der Waals surface area contributed by atoms with Crippen molar-refractivity contribution >= 4 is 6.03 Å². The number of hydrogen-bond donors (Lipinski definition) is 2. The van der Waals surface area contributed by atoms with E-state index in [0.717, 1.165) is 24.8 Å². The number of carbonyl (C=O) groups excluding carboxylic acids is 1. The average molecular weight is 342 g/mol. The maximum absolute atomic E-state index is 12.4. The first-order valence-electron chi connectivity index (χ1n) is 8.25. The van der Waals surface area contributed by atoms with Crippen molar-refractivity contribution in [2.45, 2.75) is 44.7 Å². The molecule has 2 N–H and O–H groups in total. The Labute approximate surface area is 140 Å². The Hall–Kier alpha value is -1.89. The Morgan fingerprint density at radius 3 is 3.00 bits per heavy atom. The van der Waals surface area contributed by atoms with Gasteiger partial charge in [-0.3, -0.25) is 0 Å². The predicted octanol–water partition coefficient (Wildman–Crippen LogP) is 2.78. The first-order chi connectivity index (χ1) is 11.6. The largest absolute Gasteiger partial charge is 0.488 e. The summed E-state index contributed by atoms with van der Waals surface area (Å²) in [6.07, 6.45) is 1.01. The van der Waals surface area contributed by atoms with Crippen LogP contribution in [0.4, 0.5) is 13.6 Å². The first kappa shape index (κ1) is 18.4. The van der Waals surface area contributed by atoms with Gasteiger partial charge in [0.1, 0.15) is 12.4 Å². The third-order valence-electron chi connectivity index (χ3n) is 4.07. The standard InChI is InChI=1S/C17H24F2N2O3/c18-16(19)12-24-15-6-3-4-13(10-15)11-20-17(23)21-8-2-1-5-14(21)7-9-22/h3-4,6,10,14,16,22H,1-2,5,7-9,11-12H2,(H,20,23). The van der Waals surface area contributed by atoms with E-state index in [1.165, 1.54) is 0 Å². The van der Waals surface area contributed by atoms with E-state index < -0.39 is 13.0 Å². The van der Waals surface area contributed by atoms with E-state index in [1.807, 2.05) is 0 Å². The van der Waals surface area contributed by atoms with Crippen LogP contribution in [0.25, 0.3) is 0 Å². The Balaban J connectivity index is 1.87. The molecule has 7 heteroatoms. The van der Waals surface area contributed by atoms with Gasteiger partial charge in [0.05, 0.1) is 0 Å². The second-order valence-corrected chi connectivity index (χ2v) is 5.86. The van der Waals surface area contributed by atoms with E-state index in [9.17, 15) is 13.6 Å². The van der Waals surface area contributed by atoms with Crippen LogP contribution in [0.1, 0.15) is 31.2 Å². The molecule has 134 valence electrons. The summed E-state index contributed by atoms with van der Waals surface area (Å²) in [7, 11) is 0. The van der Waals surface area contributed by atoms with E-state index in [1.54, 1.807) is 29.2 Å². The number of rotatable bonds is 7. The normalized spacial score (nSPS) is 17.8. The number of alkyl halides is 2. The van der Waals surface area contributed by atoms with Crippen molar-refractivity contribution in [3.63, 3.8) is 0 Å². The Kier molecular flexibility index (Phi) is 7.24. The lowest BCUT2D eigenvalue weighted by Crippen LogP contribution is -2.48. The van der Waals surface area contributed by atoms with Crippen LogP contribution in [0.3, 0.4) is 0 Å². The summed E-state index contributed by atoms with van der Waals surface area (Å²) in [6.45, 7) is 0.408. The van der Waals surface area contributed by atoms with E-state index in [0.29, 0.717) is 25.3 Å². The molecular formula is C17H24F2N2O3. The number of urea groups is 1. The molecular weight excluding hydrogens is 318 g/mol. The van der Waals surface area contributed by atoms with E-state index >= 15 is 0 Å². The van der Waals surface area contributed by atoms with Gasteiger partial charge >= 0.3 is 6.03 Å². The zero-order chi connectivity index (χ0) is 17.4. The van der Waals surface area contributed by atoms with E-state index in [4.69, 9.17) is 9.84 Å². The lowest BCUT2D eigenvalue weighted by Gasteiger charge is -2.35. The number of piperidine rings is 1. The number of benzene rings is 1. The van der Waals surface area contributed by atoms with E-state index in [-0.39, 0.29) is 18.7 Å². The van der Waals surface area contributed by atoms with Crippen molar-refractivity contribution in [1.29, 1.82) is 0 Å². The van der Waals surface area contributed by atoms with Crippen LogP contribution in [0.5, 0.6) is 5.75 Å². The summed E-state index contributed by atoms with van der Waals surface area (Å²) in [5, 5.41) is 12.0. The molecule has 1 aliphatic rings. The SMILES string of the molecule is O=C(NCc1cccc(OCC(F)F)c1)N1CCCCC1CCO. The molecule has 0 saturated carbocycles. The van der Waals surface area contributed by atoms with E-state index in [2.05, 4.69) is 5.32 Å². The highest BCUT2D eigenvalue weighted by Crippen LogP contribution is 2.20. The van der Waals surface area contributed by atoms with Gasteiger partial charge < -0.3 is 20.1 Å². The summed E-state index contributed by atoms with van der Waals surface area (Å²) in [5.41, 5.74) is 0.783. The predicted molar refractivity (Wildman–Crippen MR) is 86.2 cm³/mol. The van der Waals surface area contributed by atoms with Gasteiger partial charge in [-0.25, -0.2) is 13.6 Å². The number of amides is 2. The molecule has 2 amide bonds. The highest BCUT2D eigenvalue weighted by molar-refractivity contribution is 5.74. The van der Waals surface area contributed by atoms with Crippen molar-refractivity contribution in [2.24, 2.45) is 0 Å². The maximum Gasteiger partial charge on any atom is 0.317 e. The number of halogens is 2. The third-order valence-corrected chi connectivity index (χ3v) is 4.07. The molecule has 0 radical (unpaired) electrons. The Bertz CT molecular complexity index is 526. The highest BCUT2D eigenvalue weighted by atomic mass is 19.3. The number of carbonyl (C=O) groups is 1. The highest BCUT2D eigenvalue weighted by Gasteiger charge is 2.25. The van der Waals surface area contributed by atoms with Gasteiger partial charge in [0.15, 0.2) is 0 Å². The fraction of sp³-hybridized carbons (Fsp3) is 0.588. The number of hydrogen-bond acceptors (Lipinski definition) is 3. The summed E-state index contributed by atoms with van der Waals surface area (Å²) >= 11 is 0. The number of aliphatic hydroxyl groups is 1. The van der Waals surface area contributed by atoms with Crippen molar-refractivity contribution in [1.82, 2.24) is 10.2 Å². The van der Waals surface area contributed by atoms with Crippen LogP contribution >= 0.6 is 0 Å². The van der Waals surface area contributed by atoms with Crippen molar-refractivity contribution < 1.29 is 23.4 Å². The molecule has 1 aromatic carbocycles. The lowest BCUT2D eigenvalue weighted by atomic mass is 10.0. The molecule has 1 atom stereocenters. The molecule has 1 heterocycles. The monoisotopic (exact) mass is 342 g/mol. The maximum atomic E-state index is 12.4. The topological polar surface area (TPSA) is 61.8 Å². The number of nitrogens with one attached hydrogen (secondary N) is 1. The zero-order valence-electron chi connectivity index (χ0n) is 13.6. The molecule has 5 nitrogen and oxygen atoms in total. The van der Waals surface area contributed by atoms with Gasteiger partial charge in [-0.1, -0.05) is 12.1 Å². The second-order valence-electron chi connectivity index (χ2n) is 5.86. The van der Waals surface area contributed by atoms with Gasteiger partial charge in [0.25, 0.3) is 6.43 Å². The van der Waals surface area contributed by atoms with Crippen LogP contribution < -0.4 is 10.1 Å². The third kappa shape index (κ3) is 5.63. The van der Waals surface area contributed by atoms with Crippen LogP contribution in [-0.2, 0) is 6.54 Å². The molecule has 0 spiro atoms. The van der Waals surface area contributed by atoms with Crippen LogP contribution in [0.15, 0.2) is 24.3 Å². The number of aliphatic hydroxyl groups excluding tert-OH is 1. The number of nitrogens with zero attached hydrogens (tertiary/aromatic N) is 1. The molecule has 2 rings (SSSR count). The Morgan fingerprint density at radius 1 is 1.42 bits per heavy atom. The Morgan fingerprint density at radius 2 is 2.25 bits per heavy atom. The van der Waals surface area contributed by atoms with Crippen LogP contribution in [0, 0.1) is 0 Å². The van der Waals surface area contributed by atoms with Crippen LogP contribution in [0.2, 0.25) is 0 Å². The molecule has 1 fully saturated rings. The second kappa shape index (κ2) is 9.42. The molecule has 1 saturated heterocycles. The minimum atomic E-state index is -2.52. The average Bonchev–Trinajstić information content (AvgIpc) is 2.59. The fourth-order valence-electron chi connectivity index (χ4n) is 2.90. The van der Waals surface area contributed by atoms with Gasteiger partial charge in [-0.2, -0.15) is 0 Å². The molecule has 0 aliphatic carbocycles. The molecule has 0 aromatic heterocycles. The van der Waals surface area contributed by atoms with Gasteiger partial charge in [0.2, 0.25) is 0 Å². The first-order valence-corrected chi connectivity index (χ1v) is 8.25. The molecule has 1 unspecified atom stereocenters. The molecule has 0 bridgehead atoms. The number of ether oxygens (including phenoxy) is 1. The quantitative estimate of drug-likeness (QED) is 0.801. The number of likely N-dealkylation sites (tertiary alicyclic amines) is 1. The summed E-state index contributed by atoms with van der Waals surface area (Å²) < 4.78 is 29.3. The molecule has 1 aliphatic heterocycles. The zero-order valence-corrected chi connectivity index (χ0v) is 13.6.